The van der Waals surface area contributed by atoms with Crippen LogP contribution >= 0.6 is 0 Å². The van der Waals surface area contributed by atoms with Crippen molar-refractivity contribution in [3.63, 3.8) is 0 Å². The molecular formula is C20H19NO4S. The molecule has 0 unspecified atom stereocenters. The van der Waals surface area contributed by atoms with Crippen molar-refractivity contribution >= 4 is 15.8 Å². The number of benzene rings is 2. The lowest BCUT2D eigenvalue weighted by atomic mass is 10.00. The number of nitrogens with zero attached hydrogens (tertiary/aromatic N) is 1. The predicted octanol–water partition coefficient (Wildman–Crippen LogP) is 3.01. The highest BCUT2D eigenvalue weighted by Crippen LogP contribution is 2.64. The molecule has 1 saturated carbocycles. The molecule has 26 heavy (non-hydrogen) atoms. The Morgan fingerprint density at radius 2 is 1.77 bits per heavy atom. The van der Waals surface area contributed by atoms with E-state index in [-0.39, 0.29) is 11.5 Å². The van der Waals surface area contributed by atoms with Gasteiger partial charge in [0.05, 0.1) is 17.6 Å². The van der Waals surface area contributed by atoms with E-state index in [2.05, 4.69) is 0 Å². The quantitative estimate of drug-likeness (QED) is 0.757. The minimum absolute atomic E-state index is 0.0843. The third-order valence-corrected chi connectivity index (χ3v) is 7.02. The second-order valence-electron chi connectivity index (χ2n) is 6.37. The molecule has 1 aliphatic rings. The molecule has 0 aliphatic heterocycles. The molecule has 0 heterocycles. The highest BCUT2D eigenvalue weighted by molar-refractivity contribution is 7.92. The van der Waals surface area contributed by atoms with Gasteiger partial charge < -0.3 is 4.74 Å². The number of nitriles is 1. The van der Waals surface area contributed by atoms with E-state index in [9.17, 15) is 18.5 Å². The van der Waals surface area contributed by atoms with Gasteiger partial charge in [0.1, 0.15) is 5.25 Å². The molecule has 6 heteroatoms. The van der Waals surface area contributed by atoms with Crippen LogP contribution in [0.5, 0.6) is 0 Å². The Balaban J connectivity index is 2.13. The van der Waals surface area contributed by atoms with Crippen LogP contribution in [0.15, 0.2) is 59.5 Å². The monoisotopic (exact) mass is 369 g/mol. The van der Waals surface area contributed by atoms with Gasteiger partial charge in [0, 0.05) is 5.92 Å². The number of sulfone groups is 1. The first-order valence-corrected chi connectivity index (χ1v) is 9.88. The zero-order valence-corrected chi connectivity index (χ0v) is 15.4. The van der Waals surface area contributed by atoms with Crippen molar-refractivity contribution in [3.8, 4) is 6.07 Å². The topological polar surface area (TPSA) is 84.2 Å². The van der Waals surface area contributed by atoms with Crippen LogP contribution < -0.4 is 0 Å². The Morgan fingerprint density at radius 3 is 2.31 bits per heavy atom. The third kappa shape index (κ3) is 2.69. The Hall–Kier alpha value is -2.65. The van der Waals surface area contributed by atoms with Crippen molar-refractivity contribution in [2.24, 2.45) is 5.41 Å². The van der Waals surface area contributed by atoms with E-state index in [0.717, 1.165) is 5.56 Å². The molecule has 0 N–H and O–H groups in total. The van der Waals surface area contributed by atoms with Crippen LogP contribution in [-0.4, -0.2) is 26.2 Å². The SMILES string of the molecule is CCOC(=O)[C@@]1(C#N)[C@H](S(=O)(=O)c2ccccc2)[C@@H]1c1ccc(C)cc1. The summed E-state index contributed by atoms with van der Waals surface area (Å²) in [6, 6.07) is 17.1. The average molecular weight is 369 g/mol. The number of ether oxygens (including phenoxy) is 1. The van der Waals surface area contributed by atoms with E-state index in [0.29, 0.717) is 5.56 Å². The summed E-state index contributed by atoms with van der Waals surface area (Å²) in [5.41, 5.74) is -0.0646. The molecule has 3 atom stereocenters. The highest BCUT2D eigenvalue weighted by Gasteiger charge is 2.77. The van der Waals surface area contributed by atoms with Crippen molar-refractivity contribution in [1.82, 2.24) is 0 Å². The van der Waals surface area contributed by atoms with Crippen LogP contribution in [0.1, 0.15) is 24.0 Å². The van der Waals surface area contributed by atoms with Gasteiger partial charge in [0.2, 0.25) is 0 Å². The number of hydrogen-bond donors (Lipinski definition) is 0. The number of carbonyl (C=O) groups is 1. The van der Waals surface area contributed by atoms with Gasteiger partial charge in [0.25, 0.3) is 0 Å². The van der Waals surface area contributed by atoms with Gasteiger partial charge in [-0.25, -0.2) is 8.42 Å². The lowest BCUT2D eigenvalue weighted by Gasteiger charge is -2.09. The van der Waals surface area contributed by atoms with E-state index in [1.165, 1.54) is 12.1 Å². The molecule has 0 bridgehead atoms. The Bertz CT molecular complexity index is 961. The largest absolute Gasteiger partial charge is 0.465 e. The number of carbonyl (C=O) groups excluding carboxylic acids is 1. The number of aryl methyl sites for hydroxylation is 1. The maximum atomic E-state index is 13.2. The molecule has 0 radical (unpaired) electrons. The maximum Gasteiger partial charge on any atom is 0.328 e. The summed E-state index contributed by atoms with van der Waals surface area (Å²) in [4.78, 5) is 12.7. The minimum atomic E-state index is -3.88. The Kier molecular flexibility index (Phi) is 4.59. The molecule has 0 spiro atoms. The Morgan fingerprint density at radius 1 is 1.15 bits per heavy atom. The molecule has 0 amide bonds. The lowest BCUT2D eigenvalue weighted by molar-refractivity contribution is -0.147. The van der Waals surface area contributed by atoms with Gasteiger partial charge in [-0.1, -0.05) is 48.0 Å². The summed E-state index contributed by atoms with van der Waals surface area (Å²) < 4.78 is 31.4. The van der Waals surface area contributed by atoms with Crippen molar-refractivity contribution < 1.29 is 17.9 Å². The van der Waals surface area contributed by atoms with Gasteiger partial charge in [-0.05, 0) is 31.5 Å². The van der Waals surface area contributed by atoms with Crippen molar-refractivity contribution in [1.29, 1.82) is 5.26 Å². The molecule has 0 aromatic heterocycles. The van der Waals surface area contributed by atoms with Crippen LogP contribution in [0.4, 0.5) is 0 Å². The van der Waals surface area contributed by atoms with Crippen molar-refractivity contribution in [3.05, 3.63) is 65.7 Å². The molecule has 0 saturated heterocycles. The van der Waals surface area contributed by atoms with E-state index in [1.54, 1.807) is 37.3 Å². The van der Waals surface area contributed by atoms with Crippen molar-refractivity contribution in [2.45, 2.75) is 29.9 Å². The van der Waals surface area contributed by atoms with Crippen LogP contribution in [0.2, 0.25) is 0 Å². The van der Waals surface area contributed by atoms with E-state index in [4.69, 9.17) is 4.74 Å². The zero-order valence-electron chi connectivity index (χ0n) is 14.5. The Labute approximate surface area is 153 Å². The smallest absolute Gasteiger partial charge is 0.328 e. The van der Waals surface area contributed by atoms with Crippen molar-refractivity contribution in [2.75, 3.05) is 6.61 Å². The van der Waals surface area contributed by atoms with Crippen LogP contribution in [-0.2, 0) is 19.4 Å². The molecule has 5 nitrogen and oxygen atoms in total. The molecule has 2 aromatic carbocycles. The first kappa shape index (κ1) is 18.2. The summed E-state index contributed by atoms with van der Waals surface area (Å²) >= 11 is 0. The molecule has 3 rings (SSSR count). The molecule has 134 valence electrons. The molecule has 2 aromatic rings. The van der Waals surface area contributed by atoms with Crippen LogP contribution in [0.3, 0.4) is 0 Å². The van der Waals surface area contributed by atoms with E-state index < -0.39 is 32.4 Å². The lowest BCUT2D eigenvalue weighted by Crippen LogP contribution is -2.25. The second-order valence-corrected chi connectivity index (χ2v) is 8.44. The average Bonchev–Trinajstić information content (AvgIpc) is 3.35. The second kappa shape index (κ2) is 6.58. The van der Waals surface area contributed by atoms with Crippen LogP contribution in [0.25, 0.3) is 0 Å². The number of hydrogen-bond acceptors (Lipinski definition) is 5. The number of rotatable bonds is 5. The standard InChI is InChI=1S/C20H19NO4S/c1-3-25-19(22)20(13-21)17(15-11-9-14(2)10-12-15)18(20)26(23,24)16-7-5-4-6-8-16/h4-12,17-18H,3H2,1-2H3/t17-,18+,20+/m0/s1. The van der Waals surface area contributed by atoms with Gasteiger partial charge in [-0.2, -0.15) is 5.26 Å². The van der Waals surface area contributed by atoms with Gasteiger partial charge in [-0.15, -0.1) is 0 Å². The molecular weight excluding hydrogens is 350 g/mol. The number of esters is 1. The predicted molar refractivity (Wildman–Crippen MR) is 96.0 cm³/mol. The first-order chi connectivity index (χ1) is 12.4. The molecule has 1 fully saturated rings. The third-order valence-electron chi connectivity index (χ3n) is 4.77. The highest BCUT2D eigenvalue weighted by atomic mass is 32.2. The summed E-state index contributed by atoms with van der Waals surface area (Å²) in [5, 5.41) is 8.64. The normalized spacial score (nSPS) is 24.5. The van der Waals surface area contributed by atoms with Gasteiger partial charge >= 0.3 is 5.97 Å². The summed E-state index contributed by atoms with van der Waals surface area (Å²) in [6.45, 7) is 3.63. The zero-order chi connectivity index (χ0) is 18.9. The summed E-state index contributed by atoms with van der Waals surface area (Å²) in [6.07, 6.45) is 0. The van der Waals surface area contributed by atoms with Gasteiger partial charge in [-0.3, -0.25) is 4.79 Å². The van der Waals surface area contributed by atoms with E-state index >= 15 is 0 Å². The first-order valence-electron chi connectivity index (χ1n) is 8.33. The minimum Gasteiger partial charge on any atom is -0.465 e. The molecule has 1 aliphatic carbocycles. The fraction of sp³-hybridized carbons (Fsp3) is 0.300. The fourth-order valence-corrected chi connectivity index (χ4v) is 5.69. The summed E-state index contributed by atoms with van der Waals surface area (Å²) in [7, 11) is -3.88. The fourth-order valence-electron chi connectivity index (χ4n) is 3.42. The maximum absolute atomic E-state index is 13.2. The van der Waals surface area contributed by atoms with E-state index in [1.807, 2.05) is 25.1 Å². The van der Waals surface area contributed by atoms with Gasteiger partial charge in [0.15, 0.2) is 15.3 Å². The summed E-state index contributed by atoms with van der Waals surface area (Å²) in [5.74, 6) is -1.53. The van der Waals surface area contributed by atoms with Crippen LogP contribution in [0, 0.1) is 23.7 Å².